The quantitative estimate of drug-likeness (QED) is 0.267. The third-order valence-electron chi connectivity index (χ3n) is 6.93. The number of halogens is 1. The Labute approximate surface area is 221 Å². The number of para-hydroxylation sites is 1. The van der Waals surface area contributed by atoms with Crippen LogP contribution >= 0.6 is 22.9 Å². The van der Waals surface area contributed by atoms with E-state index in [1.54, 1.807) is 11.3 Å². The Kier molecular flexibility index (Phi) is 6.87. The van der Waals surface area contributed by atoms with Crippen molar-refractivity contribution in [3.63, 3.8) is 0 Å². The van der Waals surface area contributed by atoms with E-state index < -0.39 is 0 Å². The fourth-order valence-electron chi connectivity index (χ4n) is 4.81. The molecule has 0 saturated heterocycles. The molecule has 0 bridgehead atoms. The molecule has 1 N–H and O–H groups in total. The van der Waals surface area contributed by atoms with Gasteiger partial charge in [-0.2, -0.15) is 0 Å². The van der Waals surface area contributed by atoms with Crippen LogP contribution in [0.2, 0.25) is 5.02 Å². The van der Waals surface area contributed by atoms with Gasteiger partial charge in [0.25, 0.3) is 5.91 Å². The Hall–Kier alpha value is -3.15. The summed E-state index contributed by atoms with van der Waals surface area (Å²) in [7, 11) is 0. The molecular weight excluding hydrogens is 486 g/mol. The van der Waals surface area contributed by atoms with Crippen molar-refractivity contribution in [1.29, 1.82) is 0 Å². The van der Waals surface area contributed by atoms with E-state index in [9.17, 15) is 4.79 Å². The molecule has 0 aliphatic heterocycles. The second-order valence-corrected chi connectivity index (χ2v) is 11.9. The van der Waals surface area contributed by atoms with E-state index in [1.165, 1.54) is 4.88 Å². The molecule has 2 aromatic carbocycles. The molecular formula is C30H30ClN3OS. The highest BCUT2D eigenvalue weighted by Gasteiger charge is 2.33. The number of amides is 1. The van der Waals surface area contributed by atoms with Gasteiger partial charge in [-0.15, -0.1) is 11.3 Å². The fourth-order valence-corrected chi connectivity index (χ4v) is 6.21. The maximum absolute atomic E-state index is 13.5. The Morgan fingerprint density at radius 1 is 1.08 bits per heavy atom. The molecule has 1 aliphatic carbocycles. The molecule has 5 rings (SSSR count). The molecule has 1 aliphatic rings. The predicted octanol–water partition coefficient (Wildman–Crippen LogP) is 8.35. The first-order chi connectivity index (χ1) is 17.3. The lowest BCUT2D eigenvalue weighted by molar-refractivity contribution is 0.102. The van der Waals surface area contributed by atoms with E-state index >= 15 is 0 Å². The molecule has 184 valence electrons. The summed E-state index contributed by atoms with van der Waals surface area (Å²) in [4.78, 5) is 19.7. The number of nitrogens with one attached hydrogen (secondary N) is 1. The second-order valence-electron chi connectivity index (χ2n) is 10.3. The number of aliphatic imine (C=N–C) groups is 1. The van der Waals surface area contributed by atoms with Crippen LogP contribution in [0.25, 0.3) is 5.69 Å². The minimum Gasteiger partial charge on any atom is -0.322 e. The van der Waals surface area contributed by atoms with Crippen molar-refractivity contribution in [2.24, 2.45) is 16.3 Å². The van der Waals surface area contributed by atoms with Gasteiger partial charge >= 0.3 is 0 Å². The minimum atomic E-state index is -0.0897. The molecule has 4 aromatic rings. The number of rotatable bonds is 5. The van der Waals surface area contributed by atoms with Gasteiger partial charge < -0.3 is 9.88 Å². The third kappa shape index (κ3) is 5.18. The van der Waals surface area contributed by atoms with E-state index in [-0.39, 0.29) is 11.3 Å². The number of hydrogen-bond donors (Lipinski definition) is 1. The number of aromatic nitrogens is 1. The van der Waals surface area contributed by atoms with Crippen LogP contribution in [0.5, 0.6) is 0 Å². The Morgan fingerprint density at radius 3 is 2.56 bits per heavy atom. The number of benzene rings is 2. The maximum Gasteiger partial charge on any atom is 0.259 e. The van der Waals surface area contributed by atoms with Gasteiger partial charge in [-0.05, 0) is 84.7 Å². The monoisotopic (exact) mass is 515 g/mol. The number of hydrogen-bond acceptors (Lipinski definition) is 3. The fraction of sp³-hybridized carbons (Fsp3) is 0.267. The minimum absolute atomic E-state index is 0.0897. The van der Waals surface area contributed by atoms with Crippen LogP contribution in [0.3, 0.4) is 0 Å². The third-order valence-corrected chi connectivity index (χ3v) is 8.34. The van der Waals surface area contributed by atoms with Crippen molar-refractivity contribution in [3.8, 4) is 5.69 Å². The second kappa shape index (κ2) is 10.1. The first-order valence-corrected chi connectivity index (χ1v) is 13.5. The molecule has 2 aromatic heterocycles. The lowest BCUT2D eigenvalue weighted by atomic mass is 9.72. The first-order valence-electron chi connectivity index (χ1n) is 12.3. The molecule has 0 fully saturated rings. The van der Waals surface area contributed by atoms with Crippen LogP contribution < -0.4 is 5.32 Å². The van der Waals surface area contributed by atoms with Crippen molar-refractivity contribution in [1.82, 2.24) is 4.57 Å². The zero-order valence-electron chi connectivity index (χ0n) is 20.8. The molecule has 0 saturated carbocycles. The van der Waals surface area contributed by atoms with Gasteiger partial charge in [-0.3, -0.25) is 4.79 Å². The van der Waals surface area contributed by atoms with Crippen molar-refractivity contribution < 1.29 is 4.79 Å². The van der Waals surface area contributed by atoms with E-state index in [4.69, 9.17) is 16.6 Å². The van der Waals surface area contributed by atoms with Gasteiger partial charge in [-0.25, -0.2) is 4.99 Å². The van der Waals surface area contributed by atoms with Gasteiger partial charge in [0, 0.05) is 27.5 Å². The zero-order chi connectivity index (χ0) is 25.3. The predicted molar refractivity (Wildman–Crippen MR) is 152 cm³/mol. The summed E-state index contributed by atoms with van der Waals surface area (Å²) >= 11 is 7.74. The topological polar surface area (TPSA) is 46.4 Å². The summed E-state index contributed by atoms with van der Waals surface area (Å²) in [6.07, 6.45) is 6.84. The largest absolute Gasteiger partial charge is 0.322 e. The number of nitrogens with zero attached hydrogens (tertiary/aromatic N) is 2. The molecule has 1 amide bonds. The summed E-state index contributed by atoms with van der Waals surface area (Å²) in [6, 6.07) is 21.3. The van der Waals surface area contributed by atoms with Crippen molar-refractivity contribution in [2.75, 3.05) is 5.32 Å². The van der Waals surface area contributed by atoms with Crippen LogP contribution in [0.4, 0.5) is 10.7 Å². The Balaban J connectivity index is 1.51. The Morgan fingerprint density at radius 2 is 1.83 bits per heavy atom. The highest BCUT2D eigenvalue weighted by Crippen LogP contribution is 2.45. The van der Waals surface area contributed by atoms with Crippen LogP contribution in [0, 0.1) is 11.3 Å². The summed E-state index contributed by atoms with van der Waals surface area (Å²) in [5, 5.41) is 4.56. The normalized spacial score (nSPS) is 15.7. The molecule has 0 unspecified atom stereocenters. The summed E-state index contributed by atoms with van der Waals surface area (Å²) in [5.74, 6) is 0.501. The molecule has 2 heterocycles. The van der Waals surface area contributed by atoms with Gasteiger partial charge in [0.2, 0.25) is 0 Å². The first kappa shape index (κ1) is 24.5. The molecule has 6 heteroatoms. The van der Waals surface area contributed by atoms with E-state index in [2.05, 4.69) is 30.7 Å². The van der Waals surface area contributed by atoms with Crippen LogP contribution in [-0.4, -0.2) is 16.7 Å². The number of fused-ring (bicyclic) bond motifs is 1. The van der Waals surface area contributed by atoms with E-state index in [1.807, 2.05) is 79.1 Å². The number of carbonyl (C=O) groups excluding carboxylic acids is 1. The lowest BCUT2D eigenvalue weighted by Gasteiger charge is -2.33. The van der Waals surface area contributed by atoms with Crippen molar-refractivity contribution >= 4 is 45.7 Å². The van der Waals surface area contributed by atoms with E-state index in [0.29, 0.717) is 16.5 Å². The van der Waals surface area contributed by atoms with Gasteiger partial charge in [0.05, 0.1) is 17.5 Å². The zero-order valence-corrected chi connectivity index (χ0v) is 22.4. The SMILES string of the molecule is CC(C)(C)[C@H]1CCc2c(sc(N=Cc3cccn3-c3ccc(Cl)cc3)c2C(=O)Nc2ccccc2)C1. The van der Waals surface area contributed by atoms with Crippen LogP contribution in [-0.2, 0) is 12.8 Å². The standard InChI is InChI=1S/C30H30ClN3OS/c1-30(2,3)20-11-16-25-26(18-20)36-29(27(25)28(35)33-22-8-5-4-6-9-22)32-19-24-10-7-17-34(24)23-14-12-21(31)13-15-23/h4-10,12-15,17,19-20H,11,16,18H2,1-3H3,(H,33,35)/t20-/m0/s1. The molecule has 1 atom stereocenters. The summed E-state index contributed by atoms with van der Waals surface area (Å²) < 4.78 is 2.06. The van der Waals surface area contributed by atoms with Crippen molar-refractivity contribution in [2.45, 2.75) is 40.0 Å². The number of anilines is 1. The molecule has 4 nitrogen and oxygen atoms in total. The number of carbonyl (C=O) groups is 1. The average Bonchev–Trinajstić information content (AvgIpc) is 3.47. The Bertz CT molecular complexity index is 1390. The molecule has 36 heavy (non-hydrogen) atoms. The van der Waals surface area contributed by atoms with Gasteiger partial charge in [0.15, 0.2) is 0 Å². The average molecular weight is 516 g/mol. The summed E-state index contributed by atoms with van der Waals surface area (Å²) in [5.41, 5.74) is 4.84. The van der Waals surface area contributed by atoms with Gasteiger partial charge in [-0.1, -0.05) is 50.6 Å². The highest BCUT2D eigenvalue weighted by molar-refractivity contribution is 7.16. The van der Waals surface area contributed by atoms with E-state index in [0.717, 1.165) is 46.9 Å². The molecule has 0 radical (unpaired) electrons. The number of thiophene rings is 1. The van der Waals surface area contributed by atoms with Crippen molar-refractivity contribution in [3.05, 3.63) is 99.6 Å². The maximum atomic E-state index is 13.5. The molecule has 0 spiro atoms. The van der Waals surface area contributed by atoms with Crippen LogP contribution in [0.1, 0.15) is 53.7 Å². The van der Waals surface area contributed by atoms with Crippen LogP contribution in [0.15, 0.2) is 77.9 Å². The highest BCUT2D eigenvalue weighted by atomic mass is 35.5. The smallest absolute Gasteiger partial charge is 0.259 e. The van der Waals surface area contributed by atoms with Gasteiger partial charge in [0.1, 0.15) is 5.00 Å². The lowest BCUT2D eigenvalue weighted by Crippen LogP contribution is -2.27. The summed E-state index contributed by atoms with van der Waals surface area (Å²) in [6.45, 7) is 6.93.